The summed E-state index contributed by atoms with van der Waals surface area (Å²) >= 11 is 0. The van der Waals surface area contributed by atoms with Crippen molar-refractivity contribution in [2.75, 3.05) is 0 Å². The Morgan fingerprint density at radius 3 is 2.86 bits per heavy atom. The van der Waals surface area contributed by atoms with Crippen LogP contribution in [-0.4, -0.2) is 25.1 Å². The summed E-state index contributed by atoms with van der Waals surface area (Å²) in [6.07, 6.45) is 1.36. The van der Waals surface area contributed by atoms with Gasteiger partial charge in [-0.15, -0.1) is 10.2 Å². The molecule has 0 amide bonds. The highest BCUT2D eigenvalue weighted by Gasteiger charge is 2.05. The molecular weight excluding hydrogens is 182 g/mol. The molecule has 14 heavy (non-hydrogen) atoms. The largest absolute Gasteiger partial charge is 0.346 e. The summed E-state index contributed by atoms with van der Waals surface area (Å²) in [5.41, 5.74) is 0.505. The molecule has 0 aromatic carbocycles. The van der Waals surface area contributed by atoms with E-state index in [2.05, 4.69) is 25.1 Å². The van der Waals surface area contributed by atoms with Crippen LogP contribution in [0, 0.1) is 0 Å². The third-order valence-corrected chi connectivity index (χ3v) is 1.77. The molecule has 1 N–H and O–H groups in total. The quantitative estimate of drug-likeness (QED) is 0.697. The number of H-pyrrole nitrogens is 1. The Morgan fingerprint density at radius 2 is 2.14 bits per heavy atom. The van der Waals surface area contributed by atoms with Crippen molar-refractivity contribution in [3.63, 3.8) is 0 Å². The van der Waals surface area contributed by atoms with Crippen LogP contribution in [0.2, 0.25) is 0 Å². The molecule has 0 aliphatic carbocycles. The molecule has 6 nitrogen and oxygen atoms in total. The Hall–Kier alpha value is -1.85. The van der Waals surface area contributed by atoms with E-state index in [4.69, 9.17) is 0 Å². The average molecular weight is 191 g/mol. The third kappa shape index (κ3) is 1.46. The van der Waals surface area contributed by atoms with Crippen LogP contribution in [0.3, 0.4) is 0 Å². The van der Waals surface area contributed by atoms with Crippen molar-refractivity contribution in [3.8, 4) is 0 Å². The zero-order chi connectivity index (χ0) is 10.1. The van der Waals surface area contributed by atoms with Gasteiger partial charge in [-0.05, 0) is 0 Å². The number of aromatic nitrogens is 5. The maximum Gasteiger partial charge on any atom is 0.346 e. The van der Waals surface area contributed by atoms with E-state index in [9.17, 15) is 4.79 Å². The molecule has 6 heteroatoms. The number of rotatable bonds is 1. The molecule has 0 atom stereocenters. The molecule has 2 aromatic rings. The van der Waals surface area contributed by atoms with Crippen LogP contribution >= 0.6 is 0 Å². The van der Waals surface area contributed by atoms with Crippen LogP contribution in [0.1, 0.15) is 25.6 Å². The normalized spacial score (nSPS) is 11.1. The van der Waals surface area contributed by atoms with Crippen molar-refractivity contribution in [1.82, 2.24) is 25.1 Å². The highest BCUT2D eigenvalue weighted by molar-refractivity contribution is 5.66. The summed E-state index contributed by atoms with van der Waals surface area (Å²) in [6, 6.07) is 0. The van der Waals surface area contributed by atoms with Crippen molar-refractivity contribution >= 4 is 11.2 Å². The SMILES string of the molecule is CC(C)c1nnc2cnc(=O)[nH]c2n1. The van der Waals surface area contributed by atoms with Crippen molar-refractivity contribution < 1.29 is 0 Å². The molecule has 0 radical (unpaired) electrons. The van der Waals surface area contributed by atoms with Crippen molar-refractivity contribution in [1.29, 1.82) is 0 Å². The van der Waals surface area contributed by atoms with E-state index in [1.54, 1.807) is 0 Å². The number of hydrogen-bond donors (Lipinski definition) is 1. The highest BCUT2D eigenvalue weighted by atomic mass is 16.1. The summed E-state index contributed by atoms with van der Waals surface area (Å²) < 4.78 is 0. The van der Waals surface area contributed by atoms with Gasteiger partial charge in [0.1, 0.15) is 5.52 Å². The molecule has 0 spiro atoms. The minimum absolute atomic E-state index is 0.184. The van der Waals surface area contributed by atoms with Crippen LogP contribution in [-0.2, 0) is 0 Å². The lowest BCUT2D eigenvalue weighted by atomic mass is 10.2. The number of hydrogen-bond acceptors (Lipinski definition) is 5. The smallest absolute Gasteiger partial charge is 0.288 e. The monoisotopic (exact) mass is 191 g/mol. The molecule has 2 aromatic heterocycles. The molecule has 2 heterocycles. The van der Waals surface area contributed by atoms with Gasteiger partial charge < -0.3 is 0 Å². The number of nitrogens with zero attached hydrogens (tertiary/aromatic N) is 4. The van der Waals surface area contributed by atoms with Crippen molar-refractivity contribution in [2.45, 2.75) is 19.8 Å². The first-order valence-electron chi connectivity index (χ1n) is 4.26. The van der Waals surface area contributed by atoms with E-state index >= 15 is 0 Å². The van der Waals surface area contributed by atoms with Crippen molar-refractivity contribution in [2.24, 2.45) is 0 Å². The summed E-state index contributed by atoms with van der Waals surface area (Å²) in [4.78, 5) is 21.1. The van der Waals surface area contributed by atoms with E-state index in [-0.39, 0.29) is 5.92 Å². The van der Waals surface area contributed by atoms with E-state index in [1.807, 2.05) is 13.8 Å². The predicted octanol–water partition coefficient (Wildman–Crippen LogP) is 0.232. The Labute approximate surface area is 79.4 Å². The second-order valence-corrected chi connectivity index (χ2v) is 3.25. The zero-order valence-electron chi connectivity index (χ0n) is 7.85. The Bertz CT molecular complexity index is 518. The van der Waals surface area contributed by atoms with Crippen molar-refractivity contribution in [3.05, 3.63) is 22.5 Å². The standard InChI is InChI=1S/C8H9N5O/c1-4(2)6-10-7-5(12-13-6)3-9-8(14)11-7/h3-4H,1-2H3,(H,9,10,11,13,14). The second-order valence-electron chi connectivity index (χ2n) is 3.25. The highest BCUT2D eigenvalue weighted by Crippen LogP contribution is 2.08. The zero-order valence-corrected chi connectivity index (χ0v) is 7.85. The minimum Gasteiger partial charge on any atom is -0.288 e. The Balaban J connectivity index is 2.69. The number of nitrogens with one attached hydrogen (secondary N) is 1. The fraction of sp³-hybridized carbons (Fsp3) is 0.375. The topological polar surface area (TPSA) is 84.4 Å². The first-order chi connectivity index (χ1) is 6.66. The molecule has 0 unspecified atom stereocenters. The molecule has 0 bridgehead atoms. The van der Waals surface area contributed by atoms with Gasteiger partial charge >= 0.3 is 5.69 Å². The van der Waals surface area contributed by atoms with Gasteiger partial charge in [-0.3, -0.25) is 4.98 Å². The lowest BCUT2D eigenvalue weighted by Crippen LogP contribution is -2.12. The van der Waals surface area contributed by atoms with Crippen LogP contribution in [0.15, 0.2) is 11.0 Å². The molecule has 0 aliphatic heterocycles. The van der Waals surface area contributed by atoms with Crippen LogP contribution in [0.5, 0.6) is 0 Å². The van der Waals surface area contributed by atoms with Gasteiger partial charge in [-0.1, -0.05) is 13.8 Å². The fourth-order valence-corrected chi connectivity index (χ4v) is 1.02. The maximum atomic E-state index is 10.9. The van der Waals surface area contributed by atoms with Gasteiger partial charge in [-0.2, -0.15) is 4.98 Å². The van der Waals surface area contributed by atoms with Gasteiger partial charge in [0.2, 0.25) is 0 Å². The van der Waals surface area contributed by atoms with Gasteiger partial charge in [0.15, 0.2) is 11.5 Å². The summed E-state index contributed by atoms with van der Waals surface area (Å²) in [7, 11) is 0. The Morgan fingerprint density at radius 1 is 1.36 bits per heavy atom. The molecule has 2 rings (SSSR count). The van der Waals surface area contributed by atoms with Gasteiger partial charge in [0.05, 0.1) is 6.20 Å². The summed E-state index contributed by atoms with van der Waals surface area (Å²) in [5, 5.41) is 7.81. The average Bonchev–Trinajstić information content (AvgIpc) is 2.16. The lowest BCUT2D eigenvalue weighted by Gasteiger charge is -2.01. The molecule has 0 saturated heterocycles. The molecule has 72 valence electrons. The molecule has 0 fully saturated rings. The van der Waals surface area contributed by atoms with E-state index in [0.29, 0.717) is 17.0 Å². The minimum atomic E-state index is -0.423. The Kier molecular flexibility index (Phi) is 1.95. The first kappa shape index (κ1) is 8.74. The lowest BCUT2D eigenvalue weighted by molar-refractivity contribution is 0.746. The van der Waals surface area contributed by atoms with Crippen LogP contribution in [0.4, 0.5) is 0 Å². The van der Waals surface area contributed by atoms with Gasteiger partial charge in [0.25, 0.3) is 0 Å². The number of aromatic amines is 1. The maximum absolute atomic E-state index is 10.9. The van der Waals surface area contributed by atoms with Gasteiger partial charge in [0, 0.05) is 5.92 Å². The fourth-order valence-electron chi connectivity index (χ4n) is 1.02. The van der Waals surface area contributed by atoms with E-state index in [1.165, 1.54) is 6.20 Å². The van der Waals surface area contributed by atoms with E-state index < -0.39 is 5.69 Å². The van der Waals surface area contributed by atoms with Gasteiger partial charge in [-0.25, -0.2) is 9.78 Å². The predicted molar refractivity (Wildman–Crippen MR) is 49.8 cm³/mol. The second kappa shape index (κ2) is 3.13. The molecular formula is C8H9N5O. The third-order valence-electron chi connectivity index (χ3n) is 1.77. The van der Waals surface area contributed by atoms with Crippen LogP contribution in [0.25, 0.3) is 11.2 Å². The van der Waals surface area contributed by atoms with E-state index in [0.717, 1.165) is 0 Å². The van der Waals surface area contributed by atoms with Crippen LogP contribution < -0.4 is 5.69 Å². The summed E-state index contributed by atoms with van der Waals surface area (Å²) in [6.45, 7) is 3.92. The summed E-state index contributed by atoms with van der Waals surface area (Å²) in [5.74, 6) is 0.794. The number of fused-ring (bicyclic) bond motifs is 1. The molecule has 0 saturated carbocycles. The first-order valence-corrected chi connectivity index (χ1v) is 4.26. The molecule has 0 aliphatic rings.